The molecule has 0 aliphatic heterocycles. The number of nitrogens with zero attached hydrogens (tertiary/aromatic N) is 2. The number of anilines is 2. The van der Waals surface area contributed by atoms with E-state index in [4.69, 9.17) is 0 Å². The number of nitrogens with one attached hydrogen (secondary N) is 2. The number of hydrogen-bond acceptors (Lipinski definition) is 4. The highest BCUT2D eigenvalue weighted by atomic mass is 19.1. The standard InChI is InChI=1S/C15H17FN4O/c1-3-10(2)18-14(21)13-8-9-17-15(20-13)19-12-6-4-11(16)5-7-12/h4-10H,3H2,1-2H3,(H,18,21)(H,17,19,20). The molecular formula is C15H17FN4O. The van der Waals surface area contributed by atoms with Crippen molar-refractivity contribution < 1.29 is 9.18 Å². The fourth-order valence-corrected chi connectivity index (χ4v) is 1.61. The summed E-state index contributed by atoms with van der Waals surface area (Å²) in [6.45, 7) is 3.92. The molecule has 1 unspecified atom stereocenters. The third-order valence-corrected chi connectivity index (χ3v) is 2.98. The van der Waals surface area contributed by atoms with Crippen LogP contribution in [0.25, 0.3) is 0 Å². The summed E-state index contributed by atoms with van der Waals surface area (Å²) >= 11 is 0. The molecule has 0 saturated carbocycles. The zero-order chi connectivity index (χ0) is 15.2. The van der Waals surface area contributed by atoms with Gasteiger partial charge >= 0.3 is 0 Å². The third kappa shape index (κ3) is 4.24. The number of carbonyl (C=O) groups excluding carboxylic acids is 1. The van der Waals surface area contributed by atoms with Gasteiger partial charge in [-0.15, -0.1) is 0 Å². The van der Waals surface area contributed by atoms with Crippen LogP contribution >= 0.6 is 0 Å². The second-order valence-corrected chi connectivity index (χ2v) is 4.68. The number of halogens is 1. The normalized spacial score (nSPS) is 11.8. The second-order valence-electron chi connectivity index (χ2n) is 4.68. The Morgan fingerprint density at radius 3 is 2.67 bits per heavy atom. The lowest BCUT2D eigenvalue weighted by Gasteiger charge is -2.11. The van der Waals surface area contributed by atoms with Crippen LogP contribution in [0.1, 0.15) is 30.8 Å². The van der Waals surface area contributed by atoms with Gasteiger partial charge in [0.05, 0.1) is 0 Å². The van der Waals surface area contributed by atoms with E-state index in [1.54, 1.807) is 18.2 Å². The van der Waals surface area contributed by atoms with E-state index in [2.05, 4.69) is 20.6 Å². The zero-order valence-corrected chi connectivity index (χ0v) is 11.9. The Balaban J connectivity index is 2.10. The Hall–Kier alpha value is -2.50. The molecule has 0 aliphatic rings. The number of hydrogen-bond donors (Lipinski definition) is 2. The largest absolute Gasteiger partial charge is 0.348 e. The minimum absolute atomic E-state index is 0.0842. The monoisotopic (exact) mass is 288 g/mol. The van der Waals surface area contributed by atoms with Crippen LogP contribution < -0.4 is 10.6 Å². The minimum Gasteiger partial charge on any atom is -0.348 e. The van der Waals surface area contributed by atoms with E-state index in [-0.39, 0.29) is 23.5 Å². The highest BCUT2D eigenvalue weighted by Crippen LogP contribution is 2.13. The molecule has 1 aromatic carbocycles. The first kappa shape index (κ1) is 14.9. The number of rotatable bonds is 5. The Bertz CT molecular complexity index is 615. The average Bonchev–Trinajstić information content (AvgIpc) is 2.49. The van der Waals surface area contributed by atoms with E-state index in [0.717, 1.165) is 6.42 Å². The van der Waals surface area contributed by atoms with E-state index < -0.39 is 0 Å². The van der Waals surface area contributed by atoms with Crippen molar-refractivity contribution in [2.24, 2.45) is 0 Å². The fourth-order valence-electron chi connectivity index (χ4n) is 1.61. The van der Waals surface area contributed by atoms with Crippen LogP contribution in [0.15, 0.2) is 36.5 Å². The van der Waals surface area contributed by atoms with Crippen molar-refractivity contribution in [3.05, 3.63) is 48.0 Å². The fraction of sp³-hybridized carbons (Fsp3) is 0.267. The molecule has 2 rings (SSSR count). The van der Waals surface area contributed by atoms with Gasteiger partial charge in [-0.2, -0.15) is 0 Å². The lowest BCUT2D eigenvalue weighted by atomic mass is 10.2. The first-order chi connectivity index (χ1) is 10.1. The van der Waals surface area contributed by atoms with Crippen molar-refractivity contribution in [2.75, 3.05) is 5.32 Å². The molecule has 1 amide bonds. The van der Waals surface area contributed by atoms with E-state index in [1.807, 2.05) is 13.8 Å². The van der Waals surface area contributed by atoms with Gasteiger partial charge in [-0.25, -0.2) is 14.4 Å². The molecule has 5 nitrogen and oxygen atoms in total. The van der Waals surface area contributed by atoms with Crippen LogP contribution in [0.2, 0.25) is 0 Å². The van der Waals surface area contributed by atoms with Crippen LogP contribution in [0.4, 0.5) is 16.0 Å². The molecule has 1 heterocycles. The molecule has 1 atom stereocenters. The smallest absolute Gasteiger partial charge is 0.270 e. The lowest BCUT2D eigenvalue weighted by Crippen LogP contribution is -2.32. The van der Waals surface area contributed by atoms with Crippen molar-refractivity contribution in [3.8, 4) is 0 Å². The summed E-state index contributed by atoms with van der Waals surface area (Å²) in [7, 11) is 0. The molecule has 0 saturated heterocycles. The summed E-state index contributed by atoms with van der Waals surface area (Å²) in [6, 6.07) is 7.45. The van der Waals surface area contributed by atoms with Gasteiger partial charge in [0.25, 0.3) is 5.91 Å². The SMILES string of the molecule is CCC(C)NC(=O)c1ccnc(Nc2ccc(F)cc2)n1. The van der Waals surface area contributed by atoms with Crippen LogP contribution in [-0.4, -0.2) is 21.9 Å². The molecule has 21 heavy (non-hydrogen) atoms. The van der Waals surface area contributed by atoms with Crippen molar-refractivity contribution in [2.45, 2.75) is 26.3 Å². The first-order valence-corrected chi connectivity index (χ1v) is 6.75. The summed E-state index contributed by atoms with van der Waals surface area (Å²) in [5, 5.41) is 5.76. The highest BCUT2D eigenvalue weighted by Gasteiger charge is 2.11. The minimum atomic E-state index is -0.317. The van der Waals surface area contributed by atoms with Crippen molar-refractivity contribution in [1.29, 1.82) is 0 Å². The number of amides is 1. The van der Waals surface area contributed by atoms with Gasteiger partial charge < -0.3 is 10.6 Å². The summed E-state index contributed by atoms with van der Waals surface area (Å²) < 4.78 is 12.8. The Labute approximate surface area is 122 Å². The molecular weight excluding hydrogens is 271 g/mol. The molecule has 110 valence electrons. The van der Waals surface area contributed by atoms with Crippen molar-refractivity contribution in [3.63, 3.8) is 0 Å². The molecule has 2 N–H and O–H groups in total. The predicted octanol–water partition coefficient (Wildman–Crippen LogP) is 2.89. The van der Waals surface area contributed by atoms with Gasteiger partial charge in [-0.1, -0.05) is 6.92 Å². The van der Waals surface area contributed by atoms with Crippen molar-refractivity contribution in [1.82, 2.24) is 15.3 Å². The van der Waals surface area contributed by atoms with Gasteiger partial charge in [0, 0.05) is 17.9 Å². The van der Waals surface area contributed by atoms with Gasteiger partial charge in [0.15, 0.2) is 0 Å². The van der Waals surface area contributed by atoms with Gasteiger partial charge in [-0.05, 0) is 43.7 Å². The third-order valence-electron chi connectivity index (χ3n) is 2.98. The second kappa shape index (κ2) is 6.78. The van der Waals surface area contributed by atoms with E-state index in [1.165, 1.54) is 18.3 Å². The molecule has 2 aromatic rings. The van der Waals surface area contributed by atoms with Crippen LogP contribution in [-0.2, 0) is 0 Å². The average molecular weight is 288 g/mol. The molecule has 0 radical (unpaired) electrons. The number of carbonyl (C=O) groups is 1. The molecule has 0 spiro atoms. The maximum absolute atomic E-state index is 12.8. The molecule has 0 fully saturated rings. The summed E-state index contributed by atoms with van der Waals surface area (Å²) in [6.07, 6.45) is 2.35. The topological polar surface area (TPSA) is 66.9 Å². The summed E-state index contributed by atoms with van der Waals surface area (Å²) in [5.74, 6) is -0.268. The Morgan fingerprint density at radius 2 is 2.00 bits per heavy atom. The molecule has 1 aromatic heterocycles. The van der Waals surface area contributed by atoms with Gasteiger partial charge in [0.1, 0.15) is 11.5 Å². The first-order valence-electron chi connectivity index (χ1n) is 6.75. The number of aromatic nitrogens is 2. The van der Waals surface area contributed by atoms with Gasteiger partial charge in [-0.3, -0.25) is 4.79 Å². The van der Waals surface area contributed by atoms with E-state index >= 15 is 0 Å². The molecule has 0 bridgehead atoms. The highest BCUT2D eigenvalue weighted by molar-refractivity contribution is 5.92. The van der Waals surface area contributed by atoms with E-state index in [0.29, 0.717) is 11.6 Å². The summed E-state index contributed by atoms with van der Waals surface area (Å²) in [4.78, 5) is 20.2. The maximum Gasteiger partial charge on any atom is 0.270 e. The predicted molar refractivity (Wildman–Crippen MR) is 78.9 cm³/mol. The van der Waals surface area contributed by atoms with Crippen LogP contribution in [0.3, 0.4) is 0 Å². The summed E-state index contributed by atoms with van der Waals surface area (Å²) in [5.41, 5.74) is 0.936. The number of benzene rings is 1. The van der Waals surface area contributed by atoms with Crippen LogP contribution in [0.5, 0.6) is 0 Å². The Kier molecular flexibility index (Phi) is 4.81. The lowest BCUT2D eigenvalue weighted by molar-refractivity contribution is 0.0934. The molecule has 6 heteroatoms. The van der Waals surface area contributed by atoms with Crippen molar-refractivity contribution >= 4 is 17.5 Å². The zero-order valence-electron chi connectivity index (χ0n) is 11.9. The quantitative estimate of drug-likeness (QED) is 0.887. The van der Waals surface area contributed by atoms with Gasteiger partial charge in [0.2, 0.25) is 5.95 Å². The Morgan fingerprint density at radius 1 is 1.29 bits per heavy atom. The van der Waals surface area contributed by atoms with E-state index in [9.17, 15) is 9.18 Å². The maximum atomic E-state index is 12.8. The molecule has 0 aliphatic carbocycles. The van der Waals surface area contributed by atoms with Crippen LogP contribution in [0, 0.1) is 5.82 Å².